The Morgan fingerprint density at radius 3 is 2.38 bits per heavy atom. The number of nitrogens with two attached hydrogens (primary N) is 2. The maximum Gasteiger partial charge on any atom is 1.00 e. The maximum atomic E-state index is 12.4. The van der Waals surface area contributed by atoms with Crippen LogP contribution in [0, 0.1) is 0 Å². The first-order valence-electron chi connectivity index (χ1n) is 9.75. The summed E-state index contributed by atoms with van der Waals surface area (Å²) in [5.41, 5.74) is 13.7. The number of benzene rings is 1. The molecule has 1 amide bonds. The SMILES string of the molecule is CN(Cc1cnc2nc(N)nc(N)c2n1)c1ccc(C(=O)NC(CCC(=O)O)C(=O)O)cc1.[Na+]. The fourth-order valence-electron chi connectivity index (χ4n) is 3.03. The number of fused-ring (bicyclic) bond motifs is 1. The third-order valence-electron chi connectivity index (χ3n) is 4.72. The number of amides is 1. The molecule has 0 aliphatic rings. The average Bonchev–Trinajstić information content (AvgIpc) is 2.76. The molecule has 13 nitrogen and oxygen atoms in total. The molecule has 0 aliphatic carbocycles. The monoisotopic (exact) mass is 477 g/mol. The fourth-order valence-corrected chi connectivity index (χ4v) is 3.03. The van der Waals surface area contributed by atoms with E-state index in [-0.39, 0.29) is 59.7 Å². The topological polar surface area (TPSA) is 211 Å². The molecule has 0 aliphatic heterocycles. The summed E-state index contributed by atoms with van der Waals surface area (Å²) in [6, 6.07) is 5.16. The second kappa shape index (κ2) is 11.5. The predicted molar refractivity (Wildman–Crippen MR) is 118 cm³/mol. The molecule has 1 aromatic carbocycles. The molecule has 2 aromatic heterocycles. The van der Waals surface area contributed by atoms with Crippen molar-refractivity contribution < 1.29 is 54.2 Å². The van der Waals surface area contributed by atoms with Gasteiger partial charge < -0.3 is 31.9 Å². The number of nitrogens with zero attached hydrogens (tertiary/aromatic N) is 5. The van der Waals surface area contributed by atoms with Gasteiger partial charge in [0.25, 0.3) is 5.91 Å². The summed E-state index contributed by atoms with van der Waals surface area (Å²) in [7, 11) is 1.82. The first-order valence-corrected chi connectivity index (χ1v) is 9.75. The third kappa shape index (κ3) is 6.73. The Morgan fingerprint density at radius 1 is 1.09 bits per heavy atom. The maximum absolute atomic E-state index is 12.4. The molecule has 0 saturated heterocycles. The van der Waals surface area contributed by atoms with Crippen LogP contribution < -0.4 is 51.2 Å². The van der Waals surface area contributed by atoms with E-state index >= 15 is 0 Å². The van der Waals surface area contributed by atoms with Crippen LogP contribution >= 0.6 is 0 Å². The number of carboxylic acid groups (broad SMARTS) is 2. The number of nitrogens with one attached hydrogen (secondary N) is 1. The summed E-state index contributed by atoms with van der Waals surface area (Å²) in [5.74, 6) is -2.91. The molecule has 172 valence electrons. The van der Waals surface area contributed by atoms with Crippen molar-refractivity contribution in [1.29, 1.82) is 0 Å². The van der Waals surface area contributed by atoms with E-state index in [1.54, 1.807) is 18.3 Å². The smallest absolute Gasteiger partial charge is 0.481 e. The Kier molecular flexibility index (Phi) is 9.06. The van der Waals surface area contributed by atoms with Gasteiger partial charge >= 0.3 is 41.5 Å². The quantitative estimate of drug-likeness (QED) is 0.199. The molecule has 2 heterocycles. The van der Waals surface area contributed by atoms with Crippen LogP contribution in [-0.4, -0.2) is 61.1 Å². The van der Waals surface area contributed by atoms with Gasteiger partial charge in [-0.2, -0.15) is 9.97 Å². The van der Waals surface area contributed by atoms with Gasteiger partial charge in [-0.3, -0.25) is 9.59 Å². The number of aliphatic carboxylic acids is 2. The number of rotatable bonds is 9. The second-order valence-corrected chi connectivity index (χ2v) is 7.20. The van der Waals surface area contributed by atoms with Gasteiger partial charge in [-0.05, 0) is 30.7 Å². The van der Waals surface area contributed by atoms with Crippen LogP contribution in [0.5, 0.6) is 0 Å². The first kappa shape index (κ1) is 26.7. The molecule has 3 aromatic rings. The molecule has 0 radical (unpaired) electrons. The summed E-state index contributed by atoms with van der Waals surface area (Å²) in [6.45, 7) is 0.370. The molecule has 7 N–H and O–H groups in total. The van der Waals surface area contributed by atoms with Gasteiger partial charge in [0.15, 0.2) is 17.0 Å². The zero-order chi connectivity index (χ0) is 24.1. The van der Waals surface area contributed by atoms with Crippen LogP contribution in [0.4, 0.5) is 17.5 Å². The minimum Gasteiger partial charge on any atom is -0.481 e. The first-order chi connectivity index (χ1) is 15.6. The molecule has 3 rings (SSSR count). The molecular formula is C20H22N8NaO5+. The molecule has 0 fully saturated rings. The largest absolute Gasteiger partial charge is 1.00 e. The zero-order valence-electron chi connectivity index (χ0n) is 18.6. The standard InChI is InChI=1S/C20H22N8O5.Na/c1-28(9-11-8-23-17-15(24-11)16(21)26-20(22)27-17)12-4-2-10(3-5-12)18(31)25-13(19(32)33)6-7-14(29)30;/h2-5,8,13H,6-7,9H2,1H3,(H,25,31)(H,29,30)(H,32,33)(H4,21,22,23,26,27);/q;+1. The number of hydrogen-bond acceptors (Lipinski definition) is 10. The Labute approximate surface area is 215 Å². The van der Waals surface area contributed by atoms with Crippen molar-refractivity contribution in [3.05, 3.63) is 41.7 Å². The number of carbonyl (C=O) groups is 3. The Morgan fingerprint density at radius 2 is 1.76 bits per heavy atom. The van der Waals surface area contributed by atoms with Crippen LogP contribution in [0.2, 0.25) is 0 Å². The summed E-state index contributed by atoms with van der Waals surface area (Å²) < 4.78 is 0. The summed E-state index contributed by atoms with van der Waals surface area (Å²) in [5, 5.41) is 20.2. The van der Waals surface area contributed by atoms with Gasteiger partial charge in [-0.1, -0.05) is 0 Å². The molecule has 0 spiro atoms. The van der Waals surface area contributed by atoms with E-state index in [2.05, 4.69) is 25.3 Å². The van der Waals surface area contributed by atoms with Crippen molar-refractivity contribution in [2.45, 2.75) is 25.4 Å². The Bertz CT molecular complexity index is 1210. The average molecular weight is 477 g/mol. The van der Waals surface area contributed by atoms with Gasteiger partial charge in [-0.25, -0.2) is 14.8 Å². The van der Waals surface area contributed by atoms with Crippen molar-refractivity contribution in [3.63, 3.8) is 0 Å². The van der Waals surface area contributed by atoms with Crippen molar-refractivity contribution in [2.75, 3.05) is 23.4 Å². The van der Waals surface area contributed by atoms with E-state index in [0.29, 0.717) is 23.4 Å². The fraction of sp³-hybridized carbons (Fsp3) is 0.250. The van der Waals surface area contributed by atoms with E-state index < -0.39 is 23.9 Å². The summed E-state index contributed by atoms with van der Waals surface area (Å²) in [6.07, 6.45) is 0.964. The van der Waals surface area contributed by atoms with Crippen LogP contribution in [0.3, 0.4) is 0 Å². The van der Waals surface area contributed by atoms with Crippen LogP contribution in [0.1, 0.15) is 28.9 Å². The van der Waals surface area contributed by atoms with Crippen molar-refractivity contribution >= 4 is 46.5 Å². The molecular weight excluding hydrogens is 455 g/mol. The molecule has 0 saturated carbocycles. The summed E-state index contributed by atoms with van der Waals surface area (Å²) in [4.78, 5) is 52.7. The minimum absolute atomic E-state index is 0. The normalized spacial score (nSPS) is 11.3. The Balaban J connectivity index is 0.00000408. The van der Waals surface area contributed by atoms with Crippen molar-refractivity contribution in [3.8, 4) is 0 Å². The number of aromatic nitrogens is 4. The van der Waals surface area contributed by atoms with Crippen molar-refractivity contribution in [1.82, 2.24) is 25.3 Å². The number of carbonyl (C=O) groups excluding carboxylic acids is 1. The van der Waals surface area contributed by atoms with E-state index in [1.807, 2.05) is 11.9 Å². The minimum atomic E-state index is -1.30. The predicted octanol–water partition coefficient (Wildman–Crippen LogP) is -2.73. The van der Waals surface area contributed by atoms with Crippen LogP contribution in [0.25, 0.3) is 11.2 Å². The summed E-state index contributed by atoms with van der Waals surface area (Å²) >= 11 is 0. The second-order valence-electron chi connectivity index (χ2n) is 7.20. The molecule has 0 bridgehead atoms. The van der Waals surface area contributed by atoms with Gasteiger partial charge in [0.2, 0.25) is 5.95 Å². The molecule has 1 unspecified atom stereocenters. The number of anilines is 3. The Hall–Kier alpha value is -3.55. The van der Waals surface area contributed by atoms with Crippen LogP contribution in [-0.2, 0) is 16.1 Å². The van der Waals surface area contributed by atoms with Gasteiger partial charge in [0.1, 0.15) is 6.04 Å². The van der Waals surface area contributed by atoms with E-state index in [9.17, 15) is 19.5 Å². The number of hydrogen-bond donors (Lipinski definition) is 5. The zero-order valence-corrected chi connectivity index (χ0v) is 20.6. The number of nitrogen functional groups attached to an aromatic ring is 2. The van der Waals surface area contributed by atoms with Gasteiger partial charge in [0.05, 0.1) is 18.4 Å². The van der Waals surface area contributed by atoms with Crippen molar-refractivity contribution in [2.24, 2.45) is 0 Å². The third-order valence-corrected chi connectivity index (χ3v) is 4.72. The molecule has 1 atom stereocenters. The van der Waals surface area contributed by atoms with Gasteiger partial charge in [-0.15, -0.1) is 0 Å². The van der Waals surface area contributed by atoms with Crippen LogP contribution in [0.15, 0.2) is 30.5 Å². The van der Waals surface area contributed by atoms with Gasteiger partial charge in [0, 0.05) is 24.7 Å². The van der Waals surface area contributed by atoms with E-state index in [1.165, 1.54) is 12.1 Å². The molecule has 14 heteroatoms. The molecule has 34 heavy (non-hydrogen) atoms. The van der Waals surface area contributed by atoms with E-state index in [0.717, 1.165) is 5.69 Å². The van der Waals surface area contributed by atoms with E-state index in [4.69, 9.17) is 16.6 Å². The number of carboxylic acids is 2.